The molecular weight excluding hydrogens is 350 g/mol. The van der Waals surface area contributed by atoms with Crippen molar-refractivity contribution in [2.45, 2.75) is 20.3 Å². The summed E-state index contributed by atoms with van der Waals surface area (Å²) in [5.41, 5.74) is 4.28. The van der Waals surface area contributed by atoms with Crippen molar-refractivity contribution in [3.05, 3.63) is 64.8 Å². The summed E-state index contributed by atoms with van der Waals surface area (Å²) >= 11 is 6.20. The Hall–Kier alpha value is -2.99. The Morgan fingerprint density at radius 1 is 1.12 bits per heavy atom. The van der Waals surface area contributed by atoms with E-state index in [-0.39, 0.29) is 0 Å². The molecule has 130 valence electrons. The van der Waals surface area contributed by atoms with Crippen LogP contribution in [0.1, 0.15) is 18.2 Å². The van der Waals surface area contributed by atoms with Crippen LogP contribution < -0.4 is 0 Å². The minimum Gasteiger partial charge on any atom is -0.332 e. The molecule has 0 saturated carbocycles. The van der Waals surface area contributed by atoms with Gasteiger partial charge in [0, 0.05) is 5.56 Å². The van der Waals surface area contributed by atoms with Crippen molar-refractivity contribution in [3.8, 4) is 28.7 Å². The maximum Gasteiger partial charge on any atom is 0.280 e. The molecule has 0 aliphatic carbocycles. The summed E-state index contributed by atoms with van der Waals surface area (Å²) in [4.78, 5) is 4.44. The van der Waals surface area contributed by atoms with Gasteiger partial charge in [0.25, 0.3) is 5.89 Å². The van der Waals surface area contributed by atoms with Crippen LogP contribution in [0.25, 0.3) is 28.7 Å². The second-order valence-electron chi connectivity index (χ2n) is 5.86. The van der Waals surface area contributed by atoms with Crippen LogP contribution >= 0.6 is 11.6 Å². The summed E-state index contributed by atoms with van der Waals surface area (Å²) in [7, 11) is 0. The van der Waals surface area contributed by atoms with Crippen LogP contribution in [0.5, 0.6) is 0 Å². The van der Waals surface area contributed by atoms with Crippen LogP contribution in [-0.2, 0) is 6.42 Å². The Kier molecular flexibility index (Phi) is 4.26. The zero-order chi connectivity index (χ0) is 18.1. The SMILES string of the molecule is CCc1cccc(-n2nnc(-c3nc(-c4ccccc4Cl)no3)c2C)c1. The van der Waals surface area contributed by atoms with Gasteiger partial charge in [0.05, 0.1) is 16.4 Å². The van der Waals surface area contributed by atoms with Gasteiger partial charge in [-0.15, -0.1) is 5.10 Å². The van der Waals surface area contributed by atoms with Gasteiger partial charge >= 0.3 is 0 Å². The van der Waals surface area contributed by atoms with Crippen molar-refractivity contribution in [3.63, 3.8) is 0 Å². The number of aromatic nitrogens is 5. The van der Waals surface area contributed by atoms with E-state index in [0.717, 1.165) is 17.8 Å². The Morgan fingerprint density at radius 3 is 2.77 bits per heavy atom. The number of nitrogens with zero attached hydrogens (tertiary/aromatic N) is 5. The van der Waals surface area contributed by atoms with E-state index < -0.39 is 0 Å². The first-order valence-electron chi connectivity index (χ1n) is 8.28. The average molecular weight is 366 g/mol. The molecule has 26 heavy (non-hydrogen) atoms. The van der Waals surface area contributed by atoms with E-state index in [2.05, 4.69) is 39.5 Å². The molecule has 0 amide bonds. The summed E-state index contributed by atoms with van der Waals surface area (Å²) in [5.74, 6) is 0.739. The van der Waals surface area contributed by atoms with Gasteiger partial charge in [0.1, 0.15) is 0 Å². The highest BCUT2D eigenvalue weighted by Gasteiger charge is 2.19. The third-order valence-electron chi connectivity index (χ3n) is 4.20. The lowest BCUT2D eigenvalue weighted by Gasteiger charge is -2.05. The lowest BCUT2D eigenvalue weighted by atomic mass is 10.1. The molecule has 2 heterocycles. The molecule has 4 rings (SSSR count). The van der Waals surface area contributed by atoms with Crippen LogP contribution in [0.15, 0.2) is 53.1 Å². The highest BCUT2D eigenvalue weighted by atomic mass is 35.5. The van der Waals surface area contributed by atoms with Crippen LogP contribution in [0.2, 0.25) is 5.02 Å². The first-order chi connectivity index (χ1) is 12.7. The molecule has 0 aliphatic rings. The summed E-state index contributed by atoms with van der Waals surface area (Å²) in [5, 5.41) is 13.1. The molecular formula is C19H16ClN5O. The smallest absolute Gasteiger partial charge is 0.280 e. The minimum atomic E-state index is 0.315. The first-order valence-corrected chi connectivity index (χ1v) is 8.65. The van der Waals surface area contributed by atoms with Gasteiger partial charge in [-0.3, -0.25) is 0 Å². The molecule has 0 radical (unpaired) electrons. The Morgan fingerprint density at radius 2 is 1.96 bits per heavy atom. The number of benzene rings is 2. The van der Waals surface area contributed by atoms with Crippen LogP contribution in [0, 0.1) is 6.92 Å². The van der Waals surface area contributed by atoms with Crippen molar-refractivity contribution in [1.29, 1.82) is 0 Å². The van der Waals surface area contributed by atoms with Gasteiger partial charge in [0.2, 0.25) is 5.82 Å². The van der Waals surface area contributed by atoms with Crippen LogP contribution in [0.3, 0.4) is 0 Å². The fourth-order valence-electron chi connectivity index (χ4n) is 2.75. The van der Waals surface area contributed by atoms with Gasteiger partial charge in [-0.05, 0) is 43.2 Å². The molecule has 2 aromatic heterocycles. The molecule has 7 heteroatoms. The highest BCUT2D eigenvalue weighted by molar-refractivity contribution is 6.33. The van der Waals surface area contributed by atoms with Crippen molar-refractivity contribution in [2.24, 2.45) is 0 Å². The first kappa shape index (κ1) is 16.5. The molecule has 0 bridgehead atoms. The van der Waals surface area contributed by atoms with E-state index in [9.17, 15) is 0 Å². The van der Waals surface area contributed by atoms with Crippen LogP contribution in [0.4, 0.5) is 0 Å². The average Bonchev–Trinajstić information content (AvgIpc) is 3.29. The summed E-state index contributed by atoms with van der Waals surface area (Å²) in [6.07, 6.45) is 0.958. The second kappa shape index (κ2) is 6.72. The maximum absolute atomic E-state index is 6.20. The van der Waals surface area contributed by atoms with Gasteiger partial charge in [-0.2, -0.15) is 4.98 Å². The van der Waals surface area contributed by atoms with Crippen LogP contribution in [-0.4, -0.2) is 25.1 Å². The van der Waals surface area contributed by atoms with Gasteiger partial charge < -0.3 is 4.52 Å². The van der Waals surface area contributed by atoms with E-state index in [4.69, 9.17) is 16.1 Å². The Balaban J connectivity index is 1.72. The number of hydrogen-bond donors (Lipinski definition) is 0. The third kappa shape index (κ3) is 2.88. The van der Waals surface area contributed by atoms with Gasteiger partial charge in [0.15, 0.2) is 5.69 Å². The highest BCUT2D eigenvalue weighted by Crippen LogP contribution is 2.28. The lowest BCUT2D eigenvalue weighted by Crippen LogP contribution is -1.99. The summed E-state index contributed by atoms with van der Waals surface area (Å²) < 4.78 is 7.17. The van der Waals surface area contributed by atoms with E-state index in [0.29, 0.717) is 28.0 Å². The number of rotatable bonds is 4. The largest absolute Gasteiger partial charge is 0.332 e. The van der Waals surface area contributed by atoms with Crippen molar-refractivity contribution in [2.75, 3.05) is 0 Å². The summed E-state index contributed by atoms with van der Waals surface area (Å²) in [6, 6.07) is 15.5. The minimum absolute atomic E-state index is 0.315. The predicted molar refractivity (Wildman–Crippen MR) is 99.2 cm³/mol. The second-order valence-corrected chi connectivity index (χ2v) is 6.27. The standard InChI is InChI=1S/C19H16ClN5O/c1-3-13-7-6-8-14(11-13)25-12(2)17(22-24-25)19-21-18(23-26-19)15-9-4-5-10-16(15)20/h4-11H,3H2,1-2H3. The molecule has 0 unspecified atom stereocenters. The molecule has 0 fully saturated rings. The topological polar surface area (TPSA) is 69.6 Å². The zero-order valence-electron chi connectivity index (χ0n) is 14.3. The van der Waals surface area contributed by atoms with Crippen molar-refractivity contribution < 1.29 is 4.52 Å². The fourth-order valence-corrected chi connectivity index (χ4v) is 2.97. The lowest BCUT2D eigenvalue weighted by molar-refractivity contribution is 0.430. The number of aryl methyl sites for hydroxylation is 1. The Bertz CT molecular complexity index is 1070. The van der Waals surface area contributed by atoms with Crippen molar-refractivity contribution >= 4 is 11.6 Å². The van der Waals surface area contributed by atoms with Crippen molar-refractivity contribution in [1.82, 2.24) is 25.1 Å². The van der Waals surface area contributed by atoms with Gasteiger partial charge in [-0.25, -0.2) is 4.68 Å². The maximum atomic E-state index is 6.20. The molecule has 0 saturated heterocycles. The van der Waals surface area contributed by atoms with E-state index >= 15 is 0 Å². The van der Waals surface area contributed by atoms with Gasteiger partial charge in [-0.1, -0.05) is 53.2 Å². The van der Waals surface area contributed by atoms with E-state index in [1.807, 2.05) is 37.3 Å². The molecule has 0 N–H and O–H groups in total. The zero-order valence-corrected chi connectivity index (χ0v) is 15.1. The molecule has 0 atom stereocenters. The number of halogens is 1. The number of hydrogen-bond acceptors (Lipinski definition) is 5. The molecule has 6 nitrogen and oxygen atoms in total. The van der Waals surface area contributed by atoms with E-state index in [1.165, 1.54) is 5.56 Å². The molecule has 4 aromatic rings. The molecule has 0 aliphatic heterocycles. The quantitative estimate of drug-likeness (QED) is 0.532. The predicted octanol–water partition coefficient (Wildman–Crippen LogP) is 4.51. The Labute approximate surface area is 155 Å². The fraction of sp³-hybridized carbons (Fsp3) is 0.158. The summed E-state index contributed by atoms with van der Waals surface area (Å²) in [6.45, 7) is 4.04. The molecule has 2 aromatic carbocycles. The third-order valence-corrected chi connectivity index (χ3v) is 4.53. The molecule has 0 spiro atoms. The monoisotopic (exact) mass is 365 g/mol. The normalized spacial score (nSPS) is 11.0. The van der Waals surface area contributed by atoms with E-state index in [1.54, 1.807) is 10.7 Å².